The highest BCUT2D eigenvalue weighted by atomic mass is 16.4. The van der Waals surface area contributed by atoms with Gasteiger partial charge in [-0.05, 0) is 12.8 Å². The van der Waals surface area contributed by atoms with Crippen molar-refractivity contribution in [3.63, 3.8) is 0 Å². The van der Waals surface area contributed by atoms with E-state index in [4.69, 9.17) is 5.11 Å². The lowest BCUT2D eigenvalue weighted by Gasteiger charge is -2.08. The predicted molar refractivity (Wildman–Crippen MR) is 49.5 cm³/mol. The molecule has 0 amide bonds. The maximum atomic E-state index is 11.5. The number of aromatic amines is 1. The Morgan fingerprint density at radius 3 is 2.64 bits per heavy atom. The minimum absolute atomic E-state index is 0.163. The molecule has 1 aromatic rings. The number of carboxylic acid groups (broad SMARTS) is 1. The van der Waals surface area contributed by atoms with Gasteiger partial charge in [-0.3, -0.25) is 4.79 Å². The van der Waals surface area contributed by atoms with Crippen molar-refractivity contribution in [2.45, 2.75) is 31.7 Å². The molecule has 0 saturated heterocycles. The smallest absolute Gasteiger partial charge is 0.342 e. The molecule has 0 atom stereocenters. The van der Waals surface area contributed by atoms with Gasteiger partial charge >= 0.3 is 5.97 Å². The fourth-order valence-corrected chi connectivity index (χ4v) is 1.97. The molecule has 1 aliphatic carbocycles. The third kappa shape index (κ3) is 1.34. The average Bonchev–Trinajstić information content (AvgIpc) is 2.71. The van der Waals surface area contributed by atoms with Crippen LogP contribution in [0.25, 0.3) is 0 Å². The second-order valence-electron chi connectivity index (χ2n) is 3.61. The third-order valence-electron chi connectivity index (χ3n) is 2.72. The number of hydrogen-bond donors (Lipinski definition) is 2. The van der Waals surface area contributed by atoms with Gasteiger partial charge < -0.3 is 10.2 Å². The van der Waals surface area contributed by atoms with Crippen LogP contribution < -0.4 is 5.56 Å². The van der Waals surface area contributed by atoms with Gasteiger partial charge in [-0.25, -0.2) is 9.48 Å². The Morgan fingerprint density at radius 2 is 2.14 bits per heavy atom. The summed E-state index contributed by atoms with van der Waals surface area (Å²) in [6.07, 6.45) is 5.40. The zero-order chi connectivity index (χ0) is 10.1. The molecule has 2 rings (SSSR count). The van der Waals surface area contributed by atoms with E-state index in [9.17, 15) is 9.59 Å². The molecule has 1 aliphatic rings. The van der Waals surface area contributed by atoms with E-state index in [1.165, 1.54) is 10.9 Å². The molecule has 5 heteroatoms. The van der Waals surface area contributed by atoms with E-state index in [0.717, 1.165) is 25.7 Å². The highest BCUT2D eigenvalue weighted by Gasteiger charge is 2.21. The van der Waals surface area contributed by atoms with Crippen LogP contribution in [0.15, 0.2) is 11.0 Å². The number of nitrogens with one attached hydrogen (secondary N) is 1. The Bertz CT molecular complexity index is 398. The van der Waals surface area contributed by atoms with Gasteiger partial charge in [-0.15, -0.1) is 0 Å². The Kier molecular flexibility index (Phi) is 2.15. The topological polar surface area (TPSA) is 75.1 Å². The first-order valence-electron chi connectivity index (χ1n) is 4.73. The van der Waals surface area contributed by atoms with Crippen molar-refractivity contribution in [3.05, 3.63) is 22.1 Å². The lowest BCUT2D eigenvalue weighted by atomic mass is 10.2. The van der Waals surface area contributed by atoms with Gasteiger partial charge in [0.25, 0.3) is 5.56 Å². The van der Waals surface area contributed by atoms with Crippen molar-refractivity contribution in [1.29, 1.82) is 0 Å². The van der Waals surface area contributed by atoms with Crippen molar-refractivity contribution in [3.8, 4) is 0 Å². The number of hydrogen-bond acceptors (Lipinski definition) is 2. The second-order valence-corrected chi connectivity index (χ2v) is 3.61. The van der Waals surface area contributed by atoms with E-state index in [0.29, 0.717) is 0 Å². The number of aromatic carboxylic acids is 1. The highest BCUT2D eigenvalue weighted by Crippen LogP contribution is 2.27. The standard InChI is InChI=1S/C9H12N2O3/c12-8-7(9(13)14)5-10-11(8)6-3-1-2-4-6/h5-6,10H,1-4H2,(H,13,14). The molecule has 0 aliphatic heterocycles. The van der Waals surface area contributed by atoms with Gasteiger partial charge in [0.05, 0.1) is 6.04 Å². The molecule has 0 unspecified atom stereocenters. The molecule has 2 N–H and O–H groups in total. The van der Waals surface area contributed by atoms with E-state index in [1.807, 2.05) is 0 Å². The van der Waals surface area contributed by atoms with Gasteiger partial charge in [0.1, 0.15) is 5.56 Å². The summed E-state index contributed by atoms with van der Waals surface area (Å²) in [5.74, 6) is -1.16. The first-order chi connectivity index (χ1) is 6.70. The molecule has 1 fully saturated rings. The number of rotatable bonds is 2. The van der Waals surface area contributed by atoms with Crippen molar-refractivity contribution >= 4 is 5.97 Å². The Morgan fingerprint density at radius 1 is 1.50 bits per heavy atom. The van der Waals surface area contributed by atoms with Crippen LogP contribution in [-0.4, -0.2) is 20.9 Å². The SMILES string of the molecule is O=C(O)c1c[nH]n(C2CCCC2)c1=O. The largest absolute Gasteiger partial charge is 0.477 e. The molecule has 0 aromatic carbocycles. The summed E-state index contributed by atoms with van der Waals surface area (Å²) in [4.78, 5) is 22.2. The van der Waals surface area contributed by atoms with Gasteiger partial charge in [-0.2, -0.15) is 0 Å². The number of carbonyl (C=O) groups is 1. The Balaban J connectivity index is 2.35. The summed E-state index contributed by atoms with van der Waals surface area (Å²) in [5.41, 5.74) is -0.582. The number of aromatic nitrogens is 2. The van der Waals surface area contributed by atoms with E-state index in [-0.39, 0.29) is 11.6 Å². The van der Waals surface area contributed by atoms with Crippen LogP contribution in [0.1, 0.15) is 42.1 Å². The lowest BCUT2D eigenvalue weighted by Crippen LogP contribution is -2.24. The van der Waals surface area contributed by atoms with Crippen LogP contribution in [0.2, 0.25) is 0 Å². The molecule has 1 heterocycles. The van der Waals surface area contributed by atoms with Crippen molar-refractivity contribution in [2.75, 3.05) is 0 Å². The molecular weight excluding hydrogens is 184 g/mol. The number of carboxylic acids is 1. The van der Waals surface area contributed by atoms with Crippen LogP contribution in [0, 0.1) is 0 Å². The monoisotopic (exact) mass is 196 g/mol. The molecule has 0 bridgehead atoms. The first kappa shape index (κ1) is 9.05. The molecule has 5 nitrogen and oxygen atoms in total. The summed E-state index contributed by atoms with van der Waals surface area (Å²) < 4.78 is 1.44. The normalized spacial score (nSPS) is 17.4. The molecule has 0 radical (unpaired) electrons. The first-order valence-corrected chi connectivity index (χ1v) is 4.73. The van der Waals surface area contributed by atoms with Crippen LogP contribution in [0.5, 0.6) is 0 Å². The summed E-state index contributed by atoms with van der Waals surface area (Å²) in [5, 5.41) is 11.4. The Hall–Kier alpha value is -1.52. The van der Waals surface area contributed by atoms with E-state index in [2.05, 4.69) is 5.10 Å². The van der Waals surface area contributed by atoms with Crippen LogP contribution >= 0.6 is 0 Å². The van der Waals surface area contributed by atoms with E-state index >= 15 is 0 Å². The zero-order valence-electron chi connectivity index (χ0n) is 7.69. The van der Waals surface area contributed by atoms with E-state index < -0.39 is 11.5 Å². The lowest BCUT2D eigenvalue weighted by molar-refractivity contribution is 0.0695. The maximum absolute atomic E-state index is 11.5. The fourth-order valence-electron chi connectivity index (χ4n) is 1.97. The van der Waals surface area contributed by atoms with Crippen LogP contribution in [-0.2, 0) is 0 Å². The van der Waals surface area contributed by atoms with Crippen molar-refractivity contribution in [2.24, 2.45) is 0 Å². The quantitative estimate of drug-likeness (QED) is 0.740. The predicted octanol–water partition coefficient (Wildman–Crippen LogP) is 0.990. The summed E-state index contributed by atoms with van der Waals surface area (Å²) >= 11 is 0. The van der Waals surface area contributed by atoms with Crippen LogP contribution in [0.4, 0.5) is 0 Å². The minimum atomic E-state index is -1.16. The molecule has 1 saturated carbocycles. The number of H-pyrrole nitrogens is 1. The molecule has 1 aromatic heterocycles. The van der Waals surface area contributed by atoms with E-state index in [1.54, 1.807) is 0 Å². The maximum Gasteiger partial charge on any atom is 0.342 e. The second kappa shape index (κ2) is 3.32. The summed E-state index contributed by atoms with van der Waals surface area (Å²) in [6.45, 7) is 0. The molecule has 0 spiro atoms. The van der Waals surface area contributed by atoms with Crippen molar-refractivity contribution < 1.29 is 9.90 Å². The van der Waals surface area contributed by atoms with Crippen molar-refractivity contribution in [1.82, 2.24) is 9.78 Å². The van der Waals surface area contributed by atoms with Gasteiger partial charge in [-0.1, -0.05) is 12.8 Å². The number of nitrogens with zero attached hydrogens (tertiary/aromatic N) is 1. The van der Waals surface area contributed by atoms with Gasteiger partial charge in [0.15, 0.2) is 0 Å². The fraction of sp³-hybridized carbons (Fsp3) is 0.556. The third-order valence-corrected chi connectivity index (χ3v) is 2.72. The van der Waals surface area contributed by atoms with Crippen LogP contribution in [0.3, 0.4) is 0 Å². The molecular formula is C9H12N2O3. The zero-order valence-corrected chi connectivity index (χ0v) is 7.69. The summed E-state index contributed by atoms with van der Waals surface area (Å²) in [7, 11) is 0. The summed E-state index contributed by atoms with van der Waals surface area (Å²) in [6, 6.07) is 0.163. The molecule has 76 valence electrons. The Labute approximate surface area is 80.3 Å². The average molecular weight is 196 g/mol. The van der Waals surface area contributed by atoms with Gasteiger partial charge in [0, 0.05) is 6.20 Å². The molecule has 14 heavy (non-hydrogen) atoms. The minimum Gasteiger partial charge on any atom is -0.477 e. The highest BCUT2D eigenvalue weighted by molar-refractivity contribution is 5.86. The van der Waals surface area contributed by atoms with Gasteiger partial charge in [0.2, 0.25) is 0 Å².